The second kappa shape index (κ2) is 4.08. The van der Waals surface area contributed by atoms with E-state index < -0.39 is 33.5 Å². The Bertz CT molecular complexity index is 413. The van der Waals surface area contributed by atoms with E-state index in [-0.39, 0.29) is 0 Å². The van der Waals surface area contributed by atoms with Crippen LogP contribution in [-0.4, -0.2) is 25.9 Å². The van der Waals surface area contributed by atoms with Gasteiger partial charge in [0, 0.05) is 0 Å². The summed E-state index contributed by atoms with van der Waals surface area (Å²) in [7, 11) is -7.25. The highest BCUT2D eigenvalue weighted by Crippen LogP contribution is 2.44. The van der Waals surface area contributed by atoms with E-state index in [1.54, 1.807) is 6.58 Å². The normalized spacial score (nSPS) is 14.8. The summed E-state index contributed by atoms with van der Waals surface area (Å²) in [5.74, 6) is -2.90. The van der Waals surface area contributed by atoms with E-state index in [1.807, 2.05) is 4.74 Å². The highest BCUT2D eigenvalue weighted by Gasteiger charge is 2.71. The van der Waals surface area contributed by atoms with Crippen molar-refractivity contribution < 1.29 is 47.8 Å². The zero-order valence-electron chi connectivity index (χ0n) is 7.36. The highest BCUT2D eigenvalue weighted by molar-refractivity contribution is 7.87. The van der Waals surface area contributed by atoms with Crippen LogP contribution < -0.4 is 0 Å². The predicted octanol–water partition coefficient (Wildman–Crippen LogP) is 2.56. The lowest BCUT2D eigenvalue weighted by Gasteiger charge is -2.25. The van der Waals surface area contributed by atoms with E-state index in [9.17, 15) is 43.0 Å². The highest BCUT2D eigenvalue weighted by atomic mass is 32.3. The summed E-state index contributed by atoms with van der Waals surface area (Å²) in [4.78, 5) is 0. The van der Waals surface area contributed by atoms with E-state index in [0.717, 1.165) is 0 Å². The van der Waals surface area contributed by atoms with Gasteiger partial charge in [0.2, 0.25) is 0 Å². The fraction of sp³-hybridized carbons (Fsp3) is 0.600. The van der Waals surface area contributed by atoms with Crippen molar-refractivity contribution in [3.05, 3.63) is 12.4 Å². The molecule has 0 bridgehead atoms. The topological polar surface area (TPSA) is 43.4 Å². The monoisotopic (exact) mass is 294 g/mol. The Morgan fingerprint density at radius 2 is 1.41 bits per heavy atom. The van der Waals surface area contributed by atoms with Crippen LogP contribution >= 0.6 is 0 Å². The van der Waals surface area contributed by atoms with E-state index in [1.165, 1.54) is 0 Å². The van der Waals surface area contributed by atoms with Crippen LogP contribution in [0, 0.1) is 0 Å². The van der Waals surface area contributed by atoms with Crippen molar-refractivity contribution in [3.8, 4) is 0 Å². The first-order valence-electron chi connectivity index (χ1n) is 3.28. The molecule has 0 saturated heterocycles. The van der Waals surface area contributed by atoms with Gasteiger partial charge in [0.15, 0.2) is 5.83 Å². The van der Waals surface area contributed by atoms with Gasteiger partial charge in [-0.15, -0.1) is 0 Å². The summed E-state index contributed by atoms with van der Waals surface area (Å²) >= 11 is 0. The molecule has 12 heteroatoms. The lowest BCUT2D eigenvalue weighted by Crippen LogP contribution is -2.50. The average molecular weight is 294 g/mol. The Hall–Kier alpha value is -0.910. The molecular weight excluding hydrogens is 292 g/mol. The van der Waals surface area contributed by atoms with Crippen LogP contribution in [0.1, 0.15) is 0 Å². The molecule has 0 amide bonds. The largest absolute Gasteiger partial charge is 0.464 e. The molecule has 102 valence electrons. The summed E-state index contributed by atoms with van der Waals surface area (Å²) in [5.41, 5.74) is 0. The van der Waals surface area contributed by atoms with Gasteiger partial charge in [0.25, 0.3) is 0 Å². The molecular formula is C5H2F8O3S. The van der Waals surface area contributed by atoms with Gasteiger partial charge in [-0.2, -0.15) is 34.8 Å². The van der Waals surface area contributed by atoms with Gasteiger partial charge in [-0.1, -0.05) is 10.5 Å². The fourth-order valence-electron chi connectivity index (χ4n) is 0.418. The molecule has 0 spiro atoms. The van der Waals surface area contributed by atoms with E-state index in [0.29, 0.717) is 0 Å². The zero-order chi connectivity index (χ0) is 14.3. The van der Waals surface area contributed by atoms with E-state index in [2.05, 4.69) is 0 Å². The molecule has 0 fully saturated rings. The number of halogens is 8. The van der Waals surface area contributed by atoms with Gasteiger partial charge in [0.1, 0.15) is 0 Å². The van der Waals surface area contributed by atoms with Crippen LogP contribution in [0.2, 0.25) is 0 Å². The molecule has 17 heavy (non-hydrogen) atoms. The second-order valence-corrected chi connectivity index (χ2v) is 3.88. The van der Waals surface area contributed by atoms with Gasteiger partial charge in [-0.3, -0.25) is 0 Å². The Balaban J connectivity index is 5.39. The maximum atomic E-state index is 12.3. The van der Waals surface area contributed by atoms with Crippen molar-refractivity contribution in [2.75, 3.05) is 0 Å². The summed E-state index contributed by atoms with van der Waals surface area (Å²) in [5, 5.41) is -6.61. The second-order valence-electron chi connectivity index (χ2n) is 2.50. The molecule has 0 saturated carbocycles. The zero-order valence-corrected chi connectivity index (χ0v) is 8.18. The lowest BCUT2D eigenvalue weighted by molar-refractivity contribution is -0.405. The molecule has 0 aromatic heterocycles. The smallest absolute Gasteiger partial charge is 0.243 e. The maximum absolute atomic E-state index is 12.3. The Kier molecular flexibility index (Phi) is 3.86. The standard InChI is InChI=1S/C5H2F8O3S/c1-2(6)3(7,8)16-4(9,10)5(11,12)17(13,14)15/h1H2. The molecule has 0 atom stereocenters. The van der Waals surface area contributed by atoms with Crippen molar-refractivity contribution in [2.45, 2.75) is 17.5 Å². The molecule has 0 aliphatic rings. The van der Waals surface area contributed by atoms with Gasteiger partial charge in [0.05, 0.1) is 0 Å². The van der Waals surface area contributed by atoms with Gasteiger partial charge < -0.3 is 0 Å². The van der Waals surface area contributed by atoms with Crippen molar-refractivity contribution in [1.82, 2.24) is 0 Å². The van der Waals surface area contributed by atoms with Crippen molar-refractivity contribution >= 4 is 10.2 Å². The molecule has 0 unspecified atom stereocenters. The summed E-state index contributed by atoms with van der Waals surface area (Å²) < 4.78 is 118. The third-order valence-corrected chi connectivity index (χ3v) is 2.07. The van der Waals surface area contributed by atoms with Crippen LogP contribution in [0.15, 0.2) is 12.4 Å². The molecule has 0 aromatic rings. The van der Waals surface area contributed by atoms with E-state index >= 15 is 0 Å². The number of ether oxygens (including phenoxy) is 1. The third-order valence-electron chi connectivity index (χ3n) is 1.22. The van der Waals surface area contributed by atoms with E-state index in [4.69, 9.17) is 0 Å². The van der Waals surface area contributed by atoms with Crippen LogP contribution in [0.25, 0.3) is 0 Å². The number of rotatable bonds is 5. The molecule has 3 nitrogen and oxygen atoms in total. The van der Waals surface area contributed by atoms with Crippen LogP contribution in [-0.2, 0) is 15.0 Å². The van der Waals surface area contributed by atoms with Gasteiger partial charge in [-0.25, -0.2) is 9.13 Å². The number of hydrogen-bond acceptors (Lipinski definition) is 3. The maximum Gasteiger partial charge on any atom is 0.464 e. The Morgan fingerprint density at radius 1 is 1.06 bits per heavy atom. The average Bonchev–Trinajstić information content (AvgIpc) is 1.98. The number of hydrogen-bond donors (Lipinski definition) is 0. The predicted molar refractivity (Wildman–Crippen MR) is 36.2 cm³/mol. The molecule has 0 rings (SSSR count). The minimum atomic E-state index is -7.25. The SMILES string of the molecule is C=C(F)C(F)(F)OC(F)(F)C(F)(F)S(=O)(=O)F. The first kappa shape index (κ1) is 16.1. The fourth-order valence-corrected chi connectivity index (χ4v) is 0.743. The molecule has 0 aliphatic heterocycles. The quantitative estimate of drug-likeness (QED) is 0.578. The van der Waals surface area contributed by atoms with Gasteiger partial charge in [-0.05, 0) is 0 Å². The van der Waals surface area contributed by atoms with Crippen molar-refractivity contribution in [2.24, 2.45) is 0 Å². The van der Waals surface area contributed by atoms with Gasteiger partial charge >= 0.3 is 27.7 Å². The van der Waals surface area contributed by atoms with Crippen LogP contribution in [0.5, 0.6) is 0 Å². The van der Waals surface area contributed by atoms with Crippen molar-refractivity contribution in [1.29, 1.82) is 0 Å². The number of alkyl halides is 6. The lowest BCUT2D eigenvalue weighted by atomic mass is 10.5. The Labute approximate surface area is 88.9 Å². The first-order valence-corrected chi connectivity index (χ1v) is 4.66. The molecule has 0 heterocycles. The minimum Gasteiger partial charge on any atom is -0.243 e. The summed E-state index contributed by atoms with van der Waals surface area (Å²) in [6, 6.07) is 0. The molecule has 0 aliphatic carbocycles. The van der Waals surface area contributed by atoms with Crippen molar-refractivity contribution in [3.63, 3.8) is 0 Å². The molecule has 0 aromatic carbocycles. The Morgan fingerprint density at radius 3 is 1.65 bits per heavy atom. The molecule has 0 N–H and O–H groups in total. The minimum absolute atomic E-state index is 1.79. The molecule has 0 radical (unpaired) electrons. The summed E-state index contributed by atoms with van der Waals surface area (Å²) in [6.07, 6.45) is -12.1. The van der Waals surface area contributed by atoms with Crippen LogP contribution in [0.4, 0.5) is 34.6 Å². The summed E-state index contributed by atoms with van der Waals surface area (Å²) in [6.45, 7) is 1.79. The first-order chi connectivity index (χ1) is 7.15. The van der Waals surface area contributed by atoms with Crippen LogP contribution in [0.3, 0.4) is 0 Å². The third kappa shape index (κ3) is 3.06.